The Balaban J connectivity index is 2.11. The number of nitrogens with zero attached hydrogens (tertiary/aromatic N) is 2. The highest BCUT2D eigenvalue weighted by atomic mass is 16.5. The van der Waals surface area contributed by atoms with Gasteiger partial charge in [0.15, 0.2) is 0 Å². The van der Waals surface area contributed by atoms with E-state index in [-0.39, 0.29) is 0 Å². The lowest BCUT2D eigenvalue weighted by Gasteiger charge is -2.21. The van der Waals surface area contributed by atoms with Crippen LogP contribution < -0.4 is 10.1 Å². The van der Waals surface area contributed by atoms with Gasteiger partial charge in [-0.25, -0.2) is 4.98 Å². The molecule has 1 aromatic rings. The van der Waals surface area contributed by atoms with E-state index in [9.17, 15) is 0 Å². The van der Waals surface area contributed by atoms with Crippen LogP contribution in [0.1, 0.15) is 77.5 Å². The van der Waals surface area contributed by atoms with E-state index in [4.69, 9.17) is 9.72 Å². The minimum Gasteiger partial charge on any atom is -0.478 e. The summed E-state index contributed by atoms with van der Waals surface area (Å²) < 4.78 is 5.83. The summed E-state index contributed by atoms with van der Waals surface area (Å²) >= 11 is 0. The fourth-order valence-corrected chi connectivity index (χ4v) is 2.78. The van der Waals surface area contributed by atoms with Crippen LogP contribution in [0.25, 0.3) is 0 Å². The second kappa shape index (κ2) is 8.96. The number of hydrogen-bond acceptors (Lipinski definition) is 4. The van der Waals surface area contributed by atoms with Crippen molar-refractivity contribution in [2.45, 2.75) is 71.6 Å². The van der Waals surface area contributed by atoms with Crippen molar-refractivity contribution >= 4 is 5.82 Å². The summed E-state index contributed by atoms with van der Waals surface area (Å²) in [4.78, 5) is 9.44. The van der Waals surface area contributed by atoms with Crippen molar-refractivity contribution in [1.29, 1.82) is 0 Å². The van der Waals surface area contributed by atoms with Gasteiger partial charge in [0.25, 0.3) is 0 Å². The average molecular weight is 305 g/mol. The molecule has 1 saturated carbocycles. The summed E-state index contributed by atoms with van der Waals surface area (Å²) in [5, 5.41) is 3.42. The predicted molar refractivity (Wildman–Crippen MR) is 91.6 cm³/mol. The van der Waals surface area contributed by atoms with Crippen molar-refractivity contribution in [1.82, 2.24) is 9.97 Å². The fraction of sp³-hybridized carbons (Fsp3) is 0.778. The van der Waals surface area contributed by atoms with Crippen LogP contribution in [0.2, 0.25) is 0 Å². The summed E-state index contributed by atoms with van der Waals surface area (Å²) in [5.41, 5.74) is 0. The third kappa shape index (κ3) is 5.47. The molecule has 124 valence electrons. The van der Waals surface area contributed by atoms with E-state index in [1.54, 1.807) is 0 Å². The summed E-state index contributed by atoms with van der Waals surface area (Å²) in [6.07, 6.45) is 8.57. The van der Waals surface area contributed by atoms with Gasteiger partial charge in [-0.2, -0.15) is 4.98 Å². The summed E-state index contributed by atoms with van der Waals surface area (Å²) in [6, 6.07) is 1.95. The number of nitrogens with one attached hydrogen (secondary N) is 1. The highest BCUT2D eigenvalue weighted by Gasteiger charge is 2.20. The molecule has 0 atom stereocenters. The summed E-state index contributed by atoms with van der Waals surface area (Å²) in [7, 11) is 0. The number of ether oxygens (including phenoxy) is 1. The molecule has 1 heterocycles. The number of anilines is 1. The van der Waals surface area contributed by atoms with Gasteiger partial charge in [0, 0.05) is 18.5 Å². The number of rotatable bonds is 8. The second-order valence-corrected chi connectivity index (χ2v) is 6.76. The Kier molecular flexibility index (Phi) is 6.94. The van der Waals surface area contributed by atoms with Crippen molar-refractivity contribution in [3.8, 4) is 5.88 Å². The van der Waals surface area contributed by atoms with Crippen molar-refractivity contribution < 1.29 is 4.74 Å². The Labute approximate surface area is 135 Å². The Hall–Kier alpha value is -1.32. The molecular weight excluding hydrogens is 274 g/mol. The molecule has 0 saturated heterocycles. The van der Waals surface area contributed by atoms with Gasteiger partial charge in [-0.15, -0.1) is 0 Å². The lowest BCUT2D eigenvalue weighted by molar-refractivity contribution is 0.294. The largest absolute Gasteiger partial charge is 0.478 e. The molecule has 0 aromatic carbocycles. The maximum atomic E-state index is 5.83. The summed E-state index contributed by atoms with van der Waals surface area (Å²) in [6.45, 7) is 8.24. The Morgan fingerprint density at radius 2 is 2.00 bits per heavy atom. The van der Waals surface area contributed by atoms with Gasteiger partial charge < -0.3 is 10.1 Å². The van der Waals surface area contributed by atoms with Crippen LogP contribution in [0.5, 0.6) is 5.88 Å². The third-order valence-electron chi connectivity index (χ3n) is 4.13. The van der Waals surface area contributed by atoms with E-state index >= 15 is 0 Å². The Bertz CT molecular complexity index is 442. The van der Waals surface area contributed by atoms with Gasteiger partial charge >= 0.3 is 0 Å². The van der Waals surface area contributed by atoms with E-state index in [1.807, 2.05) is 6.07 Å². The quantitative estimate of drug-likeness (QED) is 0.703. The standard InChI is InChI=1S/C18H31N3O/c1-4-5-11-22-17-12-16(19-13-14(2)3)20-18(21-17)15-9-7-6-8-10-15/h12,14-15H,4-11,13H2,1-3H3,(H,19,20,21). The average Bonchev–Trinajstić information content (AvgIpc) is 2.54. The predicted octanol–water partition coefficient (Wildman–Crippen LogP) is 4.77. The molecule has 1 N–H and O–H groups in total. The molecule has 2 rings (SSSR count). The highest BCUT2D eigenvalue weighted by Crippen LogP contribution is 2.32. The molecule has 22 heavy (non-hydrogen) atoms. The minimum atomic E-state index is 0.503. The molecule has 1 aromatic heterocycles. The fourth-order valence-electron chi connectivity index (χ4n) is 2.78. The Morgan fingerprint density at radius 3 is 2.68 bits per heavy atom. The van der Waals surface area contributed by atoms with Crippen LogP contribution in [-0.2, 0) is 0 Å². The first kappa shape index (κ1) is 17.0. The zero-order valence-corrected chi connectivity index (χ0v) is 14.4. The molecule has 0 radical (unpaired) electrons. The smallest absolute Gasteiger partial charge is 0.218 e. The zero-order valence-electron chi connectivity index (χ0n) is 14.4. The number of aromatic nitrogens is 2. The molecule has 4 nitrogen and oxygen atoms in total. The molecule has 4 heteroatoms. The lowest BCUT2D eigenvalue weighted by Crippen LogP contribution is -2.14. The van der Waals surface area contributed by atoms with Gasteiger partial charge in [0.2, 0.25) is 5.88 Å². The van der Waals surface area contributed by atoms with Gasteiger partial charge in [0.1, 0.15) is 11.6 Å². The van der Waals surface area contributed by atoms with Crippen LogP contribution in [0.4, 0.5) is 5.82 Å². The van der Waals surface area contributed by atoms with Crippen molar-refractivity contribution in [2.24, 2.45) is 5.92 Å². The lowest BCUT2D eigenvalue weighted by atomic mass is 9.89. The van der Waals surface area contributed by atoms with Gasteiger partial charge in [-0.05, 0) is 25.2 Å². The van der Waals surface area contributed by atoms with Crippen molar-refractivity contribution in [2.75, 3.05) is 18.5 Å². The first-order valence-electron chi connectivity index (χ1n) is 8.94. The number of unbranched alkanes of at least 4 members (excludes halogenated alkanes) is 1. The SMILES string of the molecule is CCCCOc1cc(NCC(C)C)nc(C2CCCCC2)n1. The molecule has 1 aliphatic rings. The van der Waals surface area contributed by atoms with Crippen LogP contribution in [0.3, 0.4) is 0 Å². The number of hydrogen-bond donors (Lipinski definition) is 1. The van der Waals surface area contributed by atoms with E-state index in [0.29, 0.717) is 11.8 Å². The maximum Gasteiger partial charge on any atom is 0.218 e. The molecule has 1 aliphatic carbocycles. The summed E-state index contributed by atoms with van der Waals surface area (Å²) in [5.74, 6) is 3.71. The maximum absolute atomic E-state index is 5.83. The van der Waals surface area contributed by atoms with Gasteiger partial charge in [0.05, 0.1) is 6.61 Å². The molecule has 1 fully saturated rings. The first-order chi connectivity index (χ1) is 10.7. The molecular formula is C18H31N3O. The normalized spacial score (nSPS) is 16.0. The van der Waals surface area contributed by atoms with E-state index in [2.05, 4.69) is 31.1 Å². The minimum absolute atomic E-state index is 0.503. The van der Waals surface area contributed by atoms with Crippen molar-refractivity contribution in [3.63, 3.8) is 0 Å². The van der Waals surface area contributed by atoms with E-state index in [0.717, 1.165) is 43.5 Å². The van der Waals surface area contributed by atoms with Crippen LogP contribution in [0.15, 0.2) is 6.07 Å². The highest BCUT2D eigenvalue weighted by molar-refractivity contribution is 5.39. The first-order valence-corrected chi connectivity index (χ1v) is 8.94. The van der Waals surface area contributed by atoms with E-state index < -0.39 is 0 Å². The monoisotopic (exact) mass is 305 g/mol. The Morgan fingerprint density at radius 1 is 1.23 bits per heavy atom. The van der Waals surface area contributed by atoms with Crippen LogP contribution in [-0.4, -0.2) is 23.1 Å². The molecule has 0 bridgehead atoms. The second-order valence-electron chi connectivity index (χ2n) is 6.76. The molecule has 0 spiro atoms. The topological polar surface area (TPSA) is 47.0 Å². The van der Waals surface area contributed by atoms with Crippen LogP contribution in [0, 0.1) is 5.92 Å². The van der Waals surface area contributed by atoms with Gasteiger partial charge in [-0.3, -0.25) is 0 Å². The third-order valence-corrected chi connectivity index (χ3v) is 4.13. The zero-order chi connectivity index (χ0) is 15.8. The molecule has 0 amide bonds. The molecule has 0 aliphatic heterocycles. The molecule has 0 unspecified atom stereocenters. The van der Waals surface area contributed by atoms with Crippen LogP contribution >= 0.6 is 0 Å². The van der Waals surface area contributed by atoms with E-state index in [1.165, 1.54) is 32.1 Å². The van der Waals surface area contributed by atoms with Gasteiger partial charge in [-0.1, -0.05) is 46.5 Å². The van der Waals surface area contributed by atoms with Crippen molar-refractivity contribution in [3.05, 3.63) is 11.9 Å².